The fourth-order valence-corrected chi connectivity index (χ4v) is 6.10. The third-order valence-electron chi connectivity index (χ3n) is 4.37. The maximum atomic E-state index is 15.6. The summed E-state index contributed by atoms with van der Waals surface area (Å²) in [6.45, 7) is 2.04. The number of rotatable bonds is 4. The van der Waals surface area contributed by atoms with Gasteiger partial charge in [0.25, 0.3) is 0 Å². The van der Waals surface area contributed by atoms with E-state index in [4.69, 9.17) is 11.6 Å². The monoisotopic (exact) mass is 352 g/mol. The molecule has 0 amide bonds. The van der Waals surface area contributed by atoms with Gasteiger partial charge in [0.1, 0.15) is 0 Å². The van der Waals surface area contributed by atoms with Gasteiger partial charge in [-0.1, -0.05) is 97.0 Å². The molecule has 0 bridgehead atoms. The van der Waals surface area contributed by atoms with Crippen molar-refractivity contribution >= 4 is 36.1 Å². The maximum absolute atomic E-state index is 15.6. The summed E-state index contributed by atoms with van der Waals surface area (Å²) >= 11 is 6.21. The lowest BCUT2D eigenvalue weighted by molar-refractivity contribution is 0.692. The first kappa shape index (κ1) is 16.7. The van der Waals surface area contributed by atoms with E-state index in [0.717, 1.165) is 10.4 Å². The van der Waals surface area contributed by atoms with Gasteiger partial charge in [-0.05, 0) is 28.1 Å². The predicted octanol–water partition coefficient (Wildman–Crippen LogP) is 5.08. The number of benzene rings is 3. The number of hydrogen-bond donors (Lipinski definition) is 0. The Bertz CT molecular complexity index is 804. The average Bonchev–Trinajstić information content (AvgIpc) is 2.64. The first-order valence-electron chi connectivity index (χ1n) is 7.85. The van der Waals surface area contributed by atoms with Gasteiger partial charge in [0.15, 0.2) is 8.07 Å². The van der Waals surface area contributed by atoms with E-state index in [2.05, 4.69) is 0 Å². The Labute approximate surface area is 148 Å². The lowest BCUT2D eigenvalue weighted by Crippen LogP contribution is -2.56. The fourth-order valence-electron chi connectivity index (χ4n) is 2.86. The molecule has 3 heteroatoms. The molecule has 0 saturated heterocycles. The molecule has 0 aliphatic heterocycles. The summed E-state index contributed by atoms with van der Waals surface area (Å²) in [7, 11) is -2.67. The molecule has 0 heterocycles. The molecular formula is C21H18ClFSi. The van der Waals surface area contributed by atoms with Crippen molar-refractivity contribution in [1.82, 2.24) is 0 Å². The van der Waals surface area contributed by atoms with Crippen LogP contribution in [0.2, 0.25) is 11.6 Å². The van der Waals surface area contributed by atoms with Crippen molar-refractivity contribution in [3.8, 4) is 0 Å². The van der Waals surface area contributed by atoms with E-state index >= 15 is 4.39 Å². The molecule has 3 aromatic carbocycles. The van der Waals surface area contributed by atoms with Crippen LogP contribution in [0.25, 0.3) is 6.08 Å². The van der Waals surface area contributed by atoms with Crippen LogP contribution in [0.15, 0.2) is 90.4 Å². The molecule has 0 aliphatic carbocycles. The molecule has 0 unspecified atom stereocenters. The average molecular weight is 353 g/mol. The topological polar surface area (TPSA) is 0 Å². The van der Waals surface area contributed by atoms with E-state index in [1.807, 2.05) is 85.4 Å². The molecule has 0 nitrogen and oxygen atoms in total. The van der Waals surface area contributed by atoms with Crippen LogP contribution in [0.5, 0.6) is 0 Å². The van der Waals surface area contributed by atoms with Crippen LogP contribution in [-0.4, -0.2) is 8.07 Å². The zero-order valence-corrected chi connectivity index (χ0v) is 15.2. The summed E-state index contributed by atoms with van der Waals surface area (Å²) in [6, 6.07) is 27.2. The molecule has 0 N–H and O–H groups in total. The van der Waals surface area contributed by atoms with E-state index in [0.29, 0.717) is 10.6 Å². The molecule has 0 radical (unpaired) electrons. The van der Waals surface area contributed by atoms with Crippen LogP contribution < -0.4 is 10.4 Å². The SMILES string of the molecule is C[Si](/C(F)=C/c1ccccc1Cl)(c1ccccc1)c1ccccc1. The van der Waals surface area contributed by atoms with Crippen molar-refractivity contribution in [1.29, 1.82) is 0 Å². The van der Waals surface area contributed by atoms with Crippen LogP contribution in [0.4, 0.5) is 4.39 Å². The molecule has 0 aromatic heterocycles. The Morgan fingerprint density at radius 3 is 1.75 bits per heavy atom. The second-order valence-electron chi connectivity index (χ2n) is 5.87. The highest BCUT2D eigenvalue weighted by Crippen LogP contribution is 2.24. The van der Waals surface area contributed by atoms with E-state index in [9.17, 15) is 0 Å². The quantitative estimate of drug-likeness (QED) is 0.574. The first-order valence-corrected chi connectivity index (χ1v) is 10.7. The van der Waals surface area contributed by atoms with Gasteiger partial charge in [0.05, 0.1) is 5.45 Å². The second kappa shape index (κ2) is 7.16. The molecule has 0 spiro atoms. The van der Waals surface area contributed by atoms with E-state index in [-0.39, 0.29) is 5.45 Å². The Kier molecular flexibility index (Phi) is 4.98. The number of hydrogen-bond acceptors (Lipinski definition) is 0. The Hall–Kier alpha value is -2.16. The molecule has 24 heavy (non-hydrogen) atoms. The molecule has 120 valence electrons. The summed E-state index contributed by atoms with van der Waals surface area (Å²) in [5.41, 5.74) is 0.607. The first-order chi connectivity index (χ1) is 11.6. The van der Waals surface area contributed by atoms with E-state index < -0.39 is 8.07 Å². The van der Waals surface area contributed by atoms with Crippen LogP contribution in [-0.2, 0) is 0 Å². The molecule has 3 rings (SSSR count). The van der Waals surface area contributed by atoms with Gasteiger partial charge in [-0.15, -0.1) is 0 Å². The van der Waals surface area contributed by atoms with Crippen LogP contribution in [0, 0.1) is 0 Å². The van der Waals surface area contributed by atoms with Crippen LogP contribution in [0.1, 0.15) is 5.56 Å². The van der Waals surface area contributed by atoms with Crippen molar-refractivity contribution in [3.63, 3.8) is 0 Å². The van der Waals surface area contributed by atoms with Gasteiger partial charge < -0.3 is 0 Å². The zero-order valence-electron chi connectivity index (χ0n) is 13.4. The molecule has 0 aliphatic rings. The summed E-state index contributed by atoms with van der Waals surface area (Å²) in [4.78, 5) is 0. The lowest BCUT2D eigenvalue weighted by atomic mass is 10.2. The van der Waals surface area contributed by atoms with Gasteiger partial charge >= 0.3 is 0 Å². The van der Waals surface area contributed by atoms with Crippen LogP contribution >= 0.6 is 11.6 Å². The smallest absolute Gasteiger partial charge is 0.181 e. The van der Waals surface area contributed by atoms with Gasteiger partial charge in [-0.3, -0.25) is 0 Å². The highest BCUT2D eigenvalue weighted by molar-refractivity contribution is 7.06. The van der Waals surface area contributed by atoms with E-state index in [1.54, 1.807) is 12.1 Å². The summed E-state index contributed by atoms with van der Waals surface area (Å²) in [6.07, 6.45) is 1.59. The highest BCUT2D eigenvalue weighted by atomic mass is 35.5. The Morgan fingerprint density at radius 1 is 0.792 bits per heavy atom. The third-order valence-corrected chi connectivity index (χ3v) is 8.79. The zero-order chi connectivity index (χ0) is 17.0. The molecule has 0 saturated carbocycles. The summed E-state index contributed by atoms with van der Waals surface area (Å²) in [5.74, 6) is 0. The van der Waals surface area contributed by atoms with Crippen molar-refractivity contribution in [2.75, 3.05) is 0 Å². The van der Waals surface area contributed by atoms with Gasteiger partial charge in [-0.2, -0.15) is 0 Å². The molecular weight excluding hydrogens is 335 g/mol. The van der Waals surface area contributed by atoms with Crippen LogP contribution in [0.3, 0.4) is 0 Å². The number of halogens is 2. The van der Waals surface area contributed by atoms with Crippen molar-refractivity contribution in [3.05, 3.63) is 101 Å². The standard InChI is InChI=1S/C21H18ClFSi/c1-24(18-11-4-2-5-12-18,19-13-6-3-7-14-19)21(23)16-17-10-8-9-15-20(17)22/h2-16H,1H3/b21-16+. The summed E-state index contributed by atoms with van der Waals surface area (Å²) in [5, 5.41) is 2.64. The molecule has 3 aromatic rings. The van der Waals surface area contributed by atoms with Crippen molar-refractivity contribution < 1.29 is 4.39 Å². The van der Waals surface area contributed by atoms with E-state index in [1.165, 1.54) is 0 Å². The fraction of sp³-hybridized carbons (Fsp3) is 0.0476. The van der Waals surface area contributed by atoms with Gasteiger partial charge in [0, 0.05) is 5.02 Å². The Morgan fingerprint density at radius 2 is 1.25 bits per heavy atom. The predicted molar refractivity (Wildman–Crippen MR) is 104 cm³/mol. The van der Waals surface area contributed by atoms with Crippen molar-refractivity contribution in [2.24, 2.45) is 0 Å². The van der Waals surface area contributed by atoms with Gasteiger partial charge in [-0.25, -0.2) is 4.39 Å². The van der Waals surface area contributed by atoms with Gasteiger partial charge in [0.2, 0.25) is 0 Å². The molecule has 0 atom stereocenters. The minimum absolute atomic E-state index is 0.104. The second-order valence-corrected chi connectivity index (χ2v) is 10.2. The normalized spacial score (nSPS) is 12.2. The lowest BCUT2D eigenvalue weighted by Gasteiger charge is -2.27. The molecule has 0 fully saturated rings. The third kappa shape index (κ3) is 3.21. The summed E-state index contributed by atoms with van der Waals surface area (Å²) < 4.78 is 15.6. The highest BCUT2D eigenvalue weighted by Gasteiger charge is 2.37. The maximum Gasteiger partial charge on any atom is 0.181 e. The minimum Gasteiger partial charge on any atom is -0.216 e. The Balaban J connectivity index is 2.17. The minimum atomic E-state index is -2.67. The largest absolute Gasteiger partial charge is 0.216 e. The van der Waals surface area contributed by atoms with Crippen molar-refractivity contribution in [2.45, 2.75) is 6.55 Å².